The first-order valence-corrected chi connectivity index (χ1v) is 7.65. The number of nitrogens with one attached hydrogen (secondary N) is 1. The van der Waals surface area contributed by atoms with Gasteiger partial charge >= 0.3 is 5.97 Å². The van der Waals surface area contributed by atoms with Crippen molar-refractivity contribution in [1.29, 1.82) is 0 Å². The number of aromatic carboxylic acids is 1. The molecule has 0 unspecified atom stereocenters. The molecule has 4 nitrogen and oxygen atoms in total. The number of benzene rings is 3. The number of carbonyl (C=O) groups is 1. The Morgan fingerprint density at radius 3 is 2.21 bits per heavy atom. The maximum absolute atomic E-state index is 11.3. The van der Waals surface area contributed by atoms with Crippen LogP contribution in [0.5, 0.6) is 0 Å². The molecular formula is C20H18N2O2. The number of anilines is 2. The standard InChI is InChI=1S/C20H18N2O2/c21-17-11-16(20(23)24)12-18(19(17)15-9-5-2-6-10-15)22-13-14-7-3-1-4-8-14/h1-12,22H,13,21H2,(H,23,24). The monoisotopic (exact) mass is 318 g/mol. The molecule has 0 amide bonds. The number of carboxylic acid groups (broad SMARTS) is 1. The van der Waals surface area contributed by atoms with Crippen LogP contribution in [-0.4, -0.2) is 11.1 Å². The third-order valence-electron chi connectivity index (χ3n) is 3.80. The van der Waals surface area contributed by atoms with Crippen LogP contribution in [0.15, 0.2) is 72.8 Å². The Hall–Kier alpha value is -3.27. The molecule has 0 saturated heterocycles. The SMILES string of the molecule is Nc1cc(C(=O)O)cc(NCc2ccccc2)c1-c1ccccc1. The van der Waals surface area contributed by atoms with Crippen LogP contribution in [0.3, 0.4) is 0 Å². The van der Waals surface area contributed by atoms with E-state index in [2.05, 4.69) is 5.32 Å². The van der Waals surface area contributed by atoms with Crippen molar-refractivity contribution in [2.24, 2.45) is 0 Å². The summed E-state index contributed by atoms with van der Waals surface area (Å²) in [7, 11) is 0. The molecule has 4 heteroatoms. The third-order valence-corrected chi connectivity index (χ3v) is 3.80. The smallest absolute Gasteiger partial charge is 0.335 e. The van der Waals surface area contributed by atoms with Gasteiger partial charge in [0.15, 0.2) is 0 Å². The summed E-state index contributed by atoms with van der Waals surface area (Å²) in [5, 5.41) is 12.6. The van der Waals surface area contributed by atoms with E-state index in [0.717, 1.165) is 16.7 Å². The van der Waals surface area contributed by atoms with E-state index in [4.69, 9.17) is 5.73 Å². The number of hydrogen-bond acceptors (Lipinski definition) is 3. The van der Waals surface area contributed by atoms with E-state index in [9.17, 15) is 9.90 Å². The highest BCUT2D eigenvalue weighted by molar-refractivity contribution is 5.96. The van der Waals surface area contributed by atoms with Gasteiger partial charge in [-0.15, -0.1) is 0 Å². The summed E-state index contributed by atoms with van der Waals surface area (Å²) >= 11 is 0. The van der Waals surface area contributed by atoms with Gasteiger partial charge in [-0.1, -0.05) is 60.7 Å². The Balaban J connectivity index is 2.02. The Labute approximate surface area is 140 Å². The van der Waals surface area contributed by atoms with Crippen LogP contribution in [0.25, 0.3) is 11.1 Å². The van der Waals surface area contributed by atoms with Crippen molar-refractivity contribution in [3.05, 3.63) is 83.9 Å². The minimum atomic E-state index is -0.996. The second-order valence-electron chi connectivity index (χ2n) is 5.50. The van der Waals surface area contributed by atoms with E-state index in [1.165, 1.54) is 6.07 Å². The number of rotatable bonds is 5. The minimum absolute atomic E-state index is 0.169. The van der Waals surface area contributed by atoms with Gasteiger partial charge in [-0.05, 0) is 23.3 Å². The number of nitrogen functional groups attached to an aromatic ring is 1. The summed E-state index contributed by atoms with van der Waals surface area (Å²) in [5.41, 5.74) is 10.3. The Kier molecular flexibility index (Phi) is 4.47. The molecule has 0 aromatic heterocycles. The van der Waals surface area contributed by atoms with E-state index < -0.39 is 5.97 Å². The largest absolute Gasteiger partial charge is 0.478 e. The van der Waals surface area contributed by atoms with Gasteiger partial charge in [0.2, 0.25) is 0 Å². The molecule has 0 aliphatic heterocycles. The fraction of sp³-hybridized carbons (Fsp3) is 0.0500. The average Bonchev–Trinajstić information content (AvgIpc) is 2.61. The highest BCUT2D eigenvalue weighted by atomic mass is 16.4. The Bertz CT molecular complexity index is 846. The van der Waals surface area contributed by atoms with Crippen LogP contribution in [0, 0.1) is 0 Å². The quantitative estimate of drug-likeness (QED) is 0.615. The molecule has 0 heterocycles. The number of hydrogen-bond donors (Lipinski definition) is 3. The van der Waals surface area contributed by atoms with Crippen molar-refractivity contribution in [3.8, 4) is 11.1 Å². The molecule has 0 fully saturated rings. The molecular weight excluding hydrogens is 300 g/mol. The molecule has 3 aromatic rings. The van der Waals surface area contributed by atoms with Crippen molar-refractivity contribution >= 4 is 17.3 Å². The van der Waals surface area contributed by atoms with E-state index >= 15 is 0 Å². The average molecular weight is 318 g/mol. The zero-order valence-electron chi connectivity index (χ0n) is 13.1. The van der Waals surface area contributed by atoms with Crippen molar-refractivity contribution in [1.82, 2.24) is 0 Å². The van der Waals surface area contributed by atoms with E-state index in [1.54, 1.807) is 6.07 Å². The second-order valence-corrected chi connectivity index (χ2v) is 5.50. The summed E-state index contributed by atoms with van der Waals surface area (Å²) in [6.07, 6.45) is 0. The van der Waals surface area contributed by atoms with Gasteiger partial charge in [-0.3, -0.25) is 0 Å². The van der Waals surface area contributed by atoms with Crippen molar-refractivity contribution in [2.75, 3.05) is 11.1 Å². The molecule has 0 saturated carbocycles. The van der Waals surface area contributed by atoms with Gasteiger partial charge in [0.05, 0.1) is 5.56 Å². The van der Waals surface area contributed by atoms with Crippen molar-refractivity contribution < 1.29 is 9.90 Å². The third kappa shape index (κ3) is 3.38. The first-order chi connectivity index (χ1) is 11.6. The summed E-state index contributed by atoms with van der Waals surface area (Å²) in [6.45, 7) is 0.586. The van der Waals surface area contributed by atoms with Gasteiger partial charge in [-0.2, -0.15) is 0 Å². The first kappa shape index (κ1) is 15.6. The fourth-order valence-corrected chi connectivity index (χ4v) is 2.65. The lowest BCUT2D eigenvalue weighted by Crippen LogP contribution is -2.06. The lowest BCUT2D eigenvalue weighted by molar-refractivity contribution is 0.0697. The van der Waals surface area contributed by atoms with Gasteiger partial charge in [0.1, 0.15) is 0 Å². The minimum Gasteiger partial charge on any atom is -0.478 e. The van der Waals surface area contributed by atoms with Crippen LogP contribution < -0.4 is 11.1 Å². The summed E-state index contributed by atoms with van der Waals surface area (Å²) in [6, 6.07) is 22.8. The molecule has 0 aliphatic rings. The highest BCUT2D eigenvalue weighted by Crippen LogP contribution is 2.35. The fourth-order valence-electron chi connectivity index (χ4n) is 2.65. The summed E-state index contributed by atoms with van der Waals surface area (Å²) in [5.74, 6) is -0.996. The maximum Gasteiger partial charge on any atom is 0.335 e. The normalized spacial score (nSPS) is 10.3. The van der Waals surface area contributed by atoms with Crippen LogP contribution in [0.2, 0.25) is 0 Å². The maximum atomic E-state index is 11.3. The Morgan fingerprint density at radius 1 is 0.958 bits per heavy atom. The molecule has 0 radical (unpaired) electrons. The number of nitrogens with two attached hydrogens (primary N) is 1. The van der Waals surface area contributed by atoms with E-state index in [1.807, 2.05) is 60.7 Å². The molecule has 0 atom stereocenters. The topological polar surface area (TPSA) is 75.4 Å². The highest BCUT2D eigenvalue weighted by Gasteiger charge is 2.14. The molecule has 4 N–H and O–H groups in total. The molecule has 3 aromatic carbocycles. The molecule has 3 rings (SSSR count). The molecule has 24 heavy (non-hydrogen) atoms. The number of carboxylic acids is 1. The van der Waals surface area contributed by atoms with E-state index in [0.29, 0.717) is 17.9 Å². The van der Waals surface area contributed by atoms with Crippen molar-refractivity contribution in [2.45, 2.75) is 6.54 Å². The van der Waals surface area contributed by atoms with Gasteiger partial charge < -0.3 is 16.2 Å². The summed E-state index contributed by atoms with van der Waals surface area (Å²) in [4.78, 5) is 11.3. The molecule has 0 bridgehead atoms. The van der Waals surface area contributed by atoms with Crippen LogP contribution in [0.4, 0.5) is 11.4 Å². The summed E-state index contributed by atoms with van der Waals surface area (Å²) < 4.78 is 0. The van der Waals surface area contributed by atoms with Gasteiger partial charge in [0.25, 0.3) is 0 Å². The van der Waals surface area contributed by atoms with Gasteiger partial charge in [0, 0.05) is 23.5 Å². The molecule has 0 spiro atoms. The Morgan fingerprint density at radius 2 is 1.58 bits per heavy atom. The zero-order chi connectivity index (χ0) is 16.9. The first-order valence-electron chi connectivity index (χ1n) is 7.65. The van der Waals surface area contributed by atoms with Gasteiger partial charge in [-0.25, -0.2) is 4.79 Å². The predicted molar refractivity (Wildman–Crippen MR) is 97.0 cm³/mol. The second kappa shape index (κ2) is 6.87. The lowest BCUT2D eigenvalue weighted by atomic mass is 9.99. The van der Waals surface area contributed by atoms with Crippen molar-refractivity contribution in [3.63, 3.8) is 0 Å². The lowest BCUT2D eigenvalue weighted by Gasteiger charge is -2.16. The van der Waals surface area contributed by atoms with Crippen LogP contribution >= 0.6 is 0 Å². The van der Waals surface area contributed by atoms with Crippen LogP contribution in [0.1, 0.15) is 15.9 Å². The van der Waals surface area contributed by atoms with E-state index in [-0.39, 0.29) is 5.56 Å². The predicted octanol–water partition coefficient (Wildman–Crippen LogP) is 4.25. The molecule has 120 valence electrons. The molecule has 0 aliphatic carbocycles. The zero-order valence-corrected chi connectivity index (χ0v) is 13.1. The van der Waals surface area contributed by atoms with Crippen LogP contribution in [-0.2, 0) is 6.54 Å².